The lowest BCUT2D eigenvalue weighted by Crippen LogP contribution is -2.23. The fourth-order valence-electron chi connectivity index (χ4n) is 2.14. The number of benzene rings is 1. The maximum Gasteiger partial charge on any atom is 0.164 e. The Kier molecular flexibility index (Phi) is 3.02. The van der Waals surface area contributed by atoms with Crippen LogP contribution in [0.15, 0.2) is 24.3 Å². The lowest BCUT2D eigenvalue weighted by atomic mass is 10.00. The molecule has 0 unspecified atom stereocenters. The third-order valence-electron chi connectivity index (χ3n) is 2.86. The number of hydrogen-bond acceptors (Lipinski definition) is 3. The molecule has 1 fully saturated rings. The topological polar surface area (TPSA) is 38.7 Å². The zero-order valence-electron chi connectivity index (χ0n) is 9.93. The predicted molar refractivity (Wildman–Crippen MR) is 61.0 cm³/mol. The van der Waals surface area contributed by atoms with Crippen molar-refractivity contribution in [3.8, 4) is 0 Å². The molecule has 2 rings (SSSR count). The fraction of sp³-hybridized carbons (Fsp3) is 0.538. The van der Waals surface area contributed by atoms with Gasteiger partial charge in [0, 0.05) is 0 Å². The molecular weight excluding hydrogens is 204 g/mol. The maximum absolute atomic E-state index is 9.32. The molecule has 16 heavy (non-hydrogen) atoms. The summed E-state index contributed by atoms with van der Waals surface area (Å²) in [5.41, 5.74) is 2.25. The second kappa shape index (κ2) is 4.17. The van der Waals surface area contributed by atoms with E-state index in [2.05, 4.69) is 0 Å². The van der Waals surface area contributed by atoms with Crippen LogP contribution >= 0.6 is 0 Å². The molecule has 1 aromatic carbocycles. The summed E-state index contributed by atoms with van der Waals surface area (Å²) in [4.78, 5) is 0. The molecule has 88 valence electrons. The Labute approximate surface area is 96.0 Å². The second-order valence-corrected chi connectivity index (χ2v) is 4.63. The minimum atomic E-state index is -0.625. The highest BCUT2D eigenvalue weighted by Crippen LogP contribution is 2.38. The van der Waals surface area contributed by atoms with E-state index in [9.17, 15) is 5.11 Å². The molecule has 0 aromatic heterocycles. The fourth-order valence-corrected chi connectivity index (χ4v) is 2.14. The van der Waals surface area contributed by atoms with E-state index in [4.69, 9.17) is 9.47 Å². The van der Waals surface area contributed by atoms with E-state index in [-0.39, 0.29) is 18.8 Å². The SMILES string of the molecule is Cc1ccccc1[C@H]1OC(C)(C)O[C@@H]1CO. The molecule has 1 aromatic rings. The van der Waals surface area contributed by atoms with Crippen molar-refractivity contribution in [1.29, 1.82) is 0 Å². The number of aryl methyl sites for hydroxylation is 1. The van der Waals surface area contributed by atoms with Crippen molar-refractivity contribution in [2.45, 2.75) is 38.8 Å². The highest BCUT2D eigenvalue weighted by molar-refractivity contribution is 5.29. The van der Waals surface area contributed by atoms with Crippen molar-refractivity contribution in [3.63, 3.8) is 0 Å². The van der Waals surface area contributed by atoms with Gasteiger partial charge in [-0.2, -0.15) is 0 Å². The van der Waals surface area contributed by atoms with Crippen molar-refractivity contribution in [2.75, 3.05) is 6.61 Å². The second-order valence-electron chi connectivity index (χ2n) is 4.63. The Morgan fingerprint density at radius 3 is 2.56 bits per heavy atom. The lowest BCUT2D eigenvalue weighted by molar-refractivity contribution is -0.149. The van der Waals surface area contributed by atoms with Crippen molar-refractivity contribution in [1.82, 2.24) is 0 Å². The number of rotatable bonds is 2. The Bertz CT molecular complexity index is 373. The van der Waals surface area contributed by atoms with Gasteiger partial charge in [0.25, 0.3) is 0 Å². The first kappa shape index (κ1) is 11.6. The number of aliphatic hydroxyl groups is 1. The molecule has 0 radical (unpaired) electrons. The molecule has 0 amide bonds. The molecule has 0 spiro atoms. The lowest BCUT2D eigenvalue weighted by Gasteiger charge is -2.18. The van der Waals surface area contributed by atoms with Gasteiger partial charge in [-0.25, -0.2) is 0 Å². The molecule has 0 bridgehead atoms. The molecule has 1 aliphatic rings. The molecule has 1 saturated heterocycles. The summed E-state index contributed by atoms with van der Waals surface area (Å²) in [5.74, 6) is -0.625. The van der Waals surface area contributed by atoms with Crippen LogP contribution < -0.4 is 0 Å². The van der Waals surface area contributed by atoms with Crippen LogP contribution in [0.5, 0.6) is 0 Å². The van der Waals surface area contributed by atoms with Gasteiger partial charge in [-0.3, -0.25) is 0 Å². The Morgan fingerprint density at radius 2 is 1.94 bits per heavy atom. The summed E-state index contributed by atoms with van der Waals surface area (Å²) < 4.78 is 11.5. The number of ether oxygens (including phenoxy) is 2. The largest absolute Gasteiger partial charge is 0.394 e. The van der Waals surface area contributed by atoms with Gasteiger partial charge in [0.2, 0.25) is 0 Å². The van der Waals surface area contributed by atoms with Gasteiger partial charge in [0.05, 0.1) is 6.61 Å². The molecule has 0 aliphatic carbocycles. The van der Waals surface area contributed by atoms with E-state index >= 15 is 0 Å². The van der Waals surface area contributed by atoms with Gasteiger partial charge in [0.1, 0.15) is 12.2 Å². The van der Waals surface area contributed by atoms with Crippen LogP contribution in [-0.2, 0) is 9.47 Å². The molecule has 0 saturated carbocycles. The summed E-state index contributed by atoms with van der Waals surface area (Å²) >= 11 is 0. The van der Waals surface area contributed by atoms with Crippen molar-refractivity contribution < 1.29 is 14.6 Å². The first-order valence-electron chi connectivity index (χ1n) is 5.55. The number of aliphatic hydroxyl groups excluding tert-OH is 1. The summed E-state index contributed by atoms with van der Waals surface area (Å²) in [7, 11) is 0. The van der Waals surface area contributed by atoms with Gasteiger partial charge < -0.3 is 14.6 Å². The molecule has 2 atom stereocenters. The highest BCUT2D eigenvalue weighted by Gasteiger charge is 2.41. The summed E-state index contributed by atoms with van der Waals surface area (Å²) in [6.45, 7) is 5.75. The minimum Gasteiger partial charge on any atom is -0.394 e. The standard InChI is InChI=1S/C13H18O3/c1-9-6-4-5-7-10(9)12-11(8-14)15-13(2,3)16-12/h4-7,11-12,14H,8H2,1-3H3/t11-,12-/m1/s1. The summed E-state index contributed by atoms with van der Waals surface area (Å²) in [5, 5.41) is 9.32. The van der Waals surface area contributed by atoms with Crippen LogP contribution in [0.25, 0.3) is 0 Å². The van der Waals surface area contributed by atoms with Crippen LogP contribution in [0.4, 0.5) is 0 Å². The van der Waals surface area contributed by atoms with Crippen LogP contribution in [0, 0.1) is 6.92 Å². The maximum atomic E-state index is 9.32. The smallest absolute Gasteiger partial charge is 0.164 e. The quantitative estimate of drug-likeness (QED) is 0.833. The Hall–Kier alpha value is -0.900. The average Bonchev–Trinajstić information content (AvgIpc) is 2.54. The zero-order chi connectivity index (χ0) is 11.8. The van der Waals surface area contributed by atoms with Crippen molar-refractivity contribution in [3.05, 3.63) is 35.4 Å². The molecule has 1 heterocycles. The zero-order valence-corrected chi connectivity index (χ0v) is 9.93. The molecular formula is C13H18O3. The van der Waals surface area contributed by atoms with E-state index in [1.165, 1.54) is 0 Å². The van der Waals surface area contributed by atoms with Crippen LogP contribution in [0.3, 0.4) is 0 Å². The van der Waals surface area contributed by atoms with Crippen LogP contribution in [0.1, 0.15) is 31.1 Å². The van der Waals surface area contributed by atoms with Gasteiger partial charge >= 0.3 is 0 Å². The molecule has 1 aliphatic heterocycles. The van der Waals surface area contributed by atoms with Gasteiger partial charge in [-0.15, -0.1) is 0 Å². The van der Waals surface area contributed by atoms with Crippen molar-refractivity contribution >= 4 is 0 Å². The van der Waals surface area contributed by atoms with Crippen LogP contribution in [0.2, 0.25) is 0 Å². The first-order chi connectivity index (χ1) is 7.53. The molecule has 3 nitrogen and oxygen atoms in total. The summed E-state index contributed by atoms with van der Waals surface area (Å²) in [6.07, 6.45) is -0.461. The van der Waals surface area contributed by atoms with Gasteiger partial charge in [0.15, 0.2) is 5.79 Å². The third kappa shape index (κ3) is 2.12. The van der Waals surface area contributed by atoms with E-state index in [1.807, 2.05) is 45.0 Å². The molecule has 1 N–H and O–H groups in total. The Morgan fingerprint density at radius 1 is 1.25 bits per heavy atom. The van der Waals surface area contributed by atoms with E-state index in [0.717, 1.165) is 11.1 Å². The Balaban J connectivity index is 2.30. The van der Waals surface area contributed by atoms with Gasteiger partial charge in [-0.1, -0.05) is 24.3 Å². The van der Waals surface area contributed by atoms with E-state index in [1.54, 1.807) is 0 Å². The third-order valence-corrected chi connectivity index (χ3v) is 2.86. The summed E-state index contributed by atoms with van der Waals surface area (Å²) in [6, 6.07) is 8.03. The van der Waals surface area contributed by atoms with Gasteiger partial charge in [-0.05, 0) is 31.9 Å². The molecule has 3 heteroatoms. The van der Waals surface area contributed by atoms with Crippen molar-refractivity contribution in [2.24, 2.45) is 0 Å². The average molecular weight is 222 g/mol. The first-order valence-corrected chi connectivity index (χ1v) is 5.55. The predicted octanol–water partition coefficient (Wildman–Crippen LogP) is 2.18. The minimum absolute atomic E-state index is 0.0254. The van der Waals surface area contributed by atoms with Crippen LogP contribution in [-0.4, -0.2) is 23.6 Å². The normalized spacial score (nSPS) is 28.2. The monoisotopic (exact) mass is 222 g/mol. The van der Waals surface area contributed by atoms with E-state index < -0.39 is 5.79 Å². The number of hydrogen-bond donors (Lipinski definition) is 1. The van der Waals surface area contributed by atoms with E-state index in [0.29, 0.717) is 0 Å². The highest BCUT2D eigenvalue weighted by atomic mass is 16.8.